The first-order valence-corrected chi connectivity index (χ1v) is 12.0. The Bertz CT molecular complexity index is 1120. The minimum atomic E-state index is -0.155. The molecule has 8 heteroatoms. The average Bonchev–Trinajstić information content (AvgIpc) is 2.86. The molecule has 1 unspecified atom stereocenters. The maximum Gasteiger partial charge on any atom is 0.259 e. The van der Waals surface area contributed by atoms with E-state index in [1.54, 1.807) is 30.8 Å². The second-order valence-electron chi connectivity index (χ2n) is 9.28. The molecule has 2 aromatic rings. The van der Waals surface area contributed by atoms with E-state index in [-0.39, 0.29) is 30.4 Å². The van der Waals surface area contributed by atoms with Gasteiger partial charge in [-0.05, 0) is 49.6 Å². The number of nitrogens with zero attached hydrogens (tertiary/aromatic N) is 3. The molecular formula is C27H33N3O5. The van der Waals surface area contributed by atoms with Crippen LogP contribution >= 0.6 is 0 Å². The molecule has 0 aliphatic carbocycles. The molecule has 1 atom stereocenters. The highest BCUT2D eigenvalue weighted by molar-refractivity contribution is 5.97. The van der Waals surface area contributed by atoms with Crippen LogP contribution in [0.15, 0.2) is 36.4 Å². The number of hydrogen-bond acceptors (Lipinski definition) is 5. The standard InChI is InChI=1S/C27H33N3O5/c1-18-8-9-23-24(30(18)19(2)31)11-10-22(26(23)35-17-25(32)28(3)4)20-6-5-7-21(16-20)27(33)29-12-14-34-15-13-29/h5-7,10-11,16,18H,8-9,12-15,17H2,1-4H3. The minimum absolute atomic E-state index is 0.0281. The zero-order chi connectivity index (χ0) is 25.1. The molecule has 2 aliphatic rings. The summed E-state index contributed by atoms with van der Waals surface area (Å²) in [7, 11) is 3.37. The summed E-state index contributed by atoms with van der Waals surface area (Å²) in [5.41, 5.74) is 3.94. The SMILES string of the molecule is CC(=O)N1c2ccc(-c3cccc(C(=O)N4CCOCC4)c3)c(OCC(=O)N(C)C)c2CCC1C. The fourth-order valence-corrected chi connectivity index (χ4v) is 4.71. The van der Waals surface area contributed by atoms with Gasteiger partial charge in [-0.1, -0.05) is 12.1 Å². The Labute approximate surface area is 206 Å². The molecule has 0 N–H and O–H groups in total. The first-order chi connectivity index (χ1) is 16.8. The maximum absolute atomic E-state index is 13.1. The van der Waals surface area contributed by atoms with Gasteiger partial charge in [-0.15, -0.1) is 0 Å². The van der Waals surface area contributed by atoms with Gasteiger partial charge >= 0.3 is 0 Å². The Kier molecular flexibility index (Phi) is 7.40. The van der Waals surface area contributed by atoms with Crippen molar-refractivity contribution in [1.82, 2.24) is 9.80 Å². The molecular weight excluding hydrogens is 446 g/mol. The van der Waals surface area contributed by atoms with Crippen molar-refractivity contribution in [1.29, 1.82) is 0 Å². The van der Waals surface area contributed by atoms with E-state index >= 15 is 0 Å². The van der Waals surface area contributed by atoms with Crippen molar-refractivity contribution in [3.8, 4) is 16.9 Å². The summed E-state index contributed by atoms with van der Waals surface area (Å²) in [4.78, 5) is 43.0. The summed E-state index contributed by atoms with van der Waals surface area (Å²) in [6.07, 6.45) is 1.52. The van der Waals surface area contributed by atoms with Crippen molar-refractivity contribution in [3.63, 3.8) is 0 Å². The van der Waals surface area contributed by atoms with Crippen LogP contribution < -0.4 is 9.64 Å². The van der Waals surface area contributed by atoms with Gasteiger partial charge in [0.05, 0.1) is 18.9 Å². The number of anilines is 1. The van der Waals surface area contributed by atoms with Crippen LogP contribution in [0.5, 0.6) is 5.75 Å². The first-order valence-electron chi connectivity index (χ1n) is 12.0. The Morgan fingerprint density at radius 2 is 1.86 bits per heavy atom. The lowest BCUT2D eigenvalue weighted by Crippen LogP contribution is -2.41. The van der Waals surface area contributed by atoms with Gasteiger partial charge in [0.15, 0.2) is 6.61 Å². The second-order valence-corrected chi connectivity index (χ2v) is 9.28. The summed E-state index contributed by atoms with van der Waals surface area (Å²) in [5, 5.41) is 0. The van der Waals surface area contributed by atoms with Gasteiger partial charge in [-0.25, -0.2) is 0 Å². The number of amides is 3. The Morgan fingerprint density at radius 1 is 1.11 bits per heavy atom. The number of ether oxygens (including phenoxy) is 2. The van der Waals surface area contributed by atoms with Crippen LogP contribution in [0.2, 0.25) is 0 Å². The summed E-state index contributed by atoms with van der Waals surface area (Å²) in [6, 6.07) is 11.4. The highest BCUT2D eigenvalue weighted by Crippen LogP contribution is 2.43. The number of rotatable bonds is 5. The summed E-state index contributed by atoms with van der Waals surface area (Å²) < 4.78 is 11.5. The van der Waals surface area contributed by atoms with Crippen LogP contribution in [0, 0.1) is 0 Å². The third kappa shape index (κ3) is 5.17. The van der Waals surface area contributed by atoms with E-state index in [2.05, 4.69) is 0 Å². The fourth-order valence-electron chi connectivity index (χ4n) is 4.71. The smallest absolute Gasteiger partial charge is 0.259 e. The van der Waals surface area contributed by atoms with Crippen molar-refractivity contribution in [3.05, 3.63) is 47.5 Å². The largest absolute Gasteiger partial charge is 0.483 e. The van der Waals surface area contributed by atoms with Crippen LogP contribution in [-0.2, 0) is 20.7 Å². The van der Waals surface area contributed by atoms with Crippen molar-refractivity contribution >= 4 is 23.4 Å². The van der Waals surface area contributed by atoms with Crippen molar-refractivity contribution in [2.24, 2.45) is 0 Å². The van der Waals surface area contributed by atoms with Gasteiger partial charge in [-0.3, -0.25) is 14.4 Å². The number of fused-ring (bicyclic) bond motifs is 1. The topological polar surface area (TPSA) is 79.4 Å². The van der Waals surface area contributed by atoms with Gasteiger partial charge in [0, 0.05) is 56.8 Å². The van der Waals surface area contributed by atoms with Gasteiger partial charge < -0.3 is 24.2 Å². The number of benzene rings is 2. The molecule has 3 amide bonds. The molecule has 4 rings (SSSR count). The number of hydrogen-bond donors (Lipinski definition) is 0. The average molecular weight is 480 g/mol. The van der Waals surface area contributed by atoms with Gasteiger partial charge in [-0.2, -0.15) is 0 Å². The third-order valence-electron chi connectivity index (χ3n) is 6.65. The Morgan fingerprint density at radius 3 is 2.54 bits per heavy atom. The van der Waals surface area contributed by atoms with E-state index in [1.807, 2.05) is 43.3 Å². The molecule has 0 spiro atoms. The molecule has 35 heavy (non-hydrogen) atoms. The minimum Gasteiger partial charge on any atom is -0.483 e. The monoisotopic (exact) mass is 479 g/mol. The van der Waals surface area contributed by atoms with E-state index in [4.69, 9.17) is 9.47 Å². The van der Waals surface area contributed by atoms with Crippen molar-refractivity contribution in [2.45, 2.75) is 32.7 Å². The summed E-state index contributed by atoms with van der Waals surface area (Å²) in [6.45, 7) is 5.71. The van der Waals surface area contributed by atoms with E-state index in [9.17, 15) is 14.4 Å². The quantitative estimate of drug-likeness (QED) is 0.659. The van der Waals surface area contributed by atoms with Crippen LogP contribution in [0.3, 0.4) is 0 Å². The molecule has 2 aliphatic heterocycles. The van der Waals surface area contributed by atoms with Crippen LogP contribution in [-0.4, -0.2) is 80.6 Å². The molecule has 0 bridgehead atoms. The van der Waals surface area contributed by atoms with E-state index in [0.717, 1.165) is 35.2 Å². The van der Waals surface area contributed by atoms with E-state index < -0.39 is 0 Å². The van der Waals surface area contributed by atoms with E-state index in [1.165, 1.54) is 4.90 Å². The molecule has 2 aromatic carbocycles. The normalized spacial score (nSPS) is 17.5. The van der Waals surface area contributed by atoms with Crippen LogP contribution in [0.4, 0.5) is 5.69 Å². The lowest BCUT2D eigenvalue weighted by atomic mass is 9.91. The molecule has 1 saturated heterocycles. The van der Waals surface area contributed by atoms with E-state index in [0.29, 0.717) is 37.6 Å². The van der Waals surface area contributed by atoms with Gasteiger partial charge in [0.1, 0.15) is 5.75 Å². The lowest BCUT2D eigenvalue weighted by Gasteiger charge is -2.36. The number of likely N-dealkylation sites (N-methyl/N-ethyl adjacent to an activating group) is 1. The zero-order valence-electron chi connectivity index (χ0n) is 20.9. The first kappa shape index (κ1) is 24.7. The molecule has 0 aromatic heterocycles. The van der Waals surface area contributed by atoms with Crippen molar-refractivity contribution < 1.29 is 23.9 Å². The van der Waals surface area contributed by atoms with Crippen LogP contribution in [0.25, 0.3) is 11.1 Å². The van der Waals surface area contributed by atoms with Gasteiger partial charge in [0.25, 0.3) is 11.8 Å². The maximum atomic E-state index is 13.1. The molecule has 2 heterocycles. The van der Waals surface area contributed by atoms with Crippen molar-refractivity contribution in [2.75, 3.05) is 51.9 Å². The molecule has 0 radical (unpaired) electrons. The van der Waals surface area contributed by atoms with Crippen LogP contribution in [0.1, 0.15) is 36.2 Å². The molecule has 0 saturated carbocycles. The number of morpholine rings is 1. The Balaban J connectivity index is 1.76. The predicted octanol–water partition coefficient (Wildman–Crippen LogP) is 2.98. The second kappa shape index (κ2) is 10.5. The molecule has 186 valence electrons. The summed E-state index contributed by atoms with van der Waals surface area (Å²) in [5.74, 6) is 0.374. The zero-order valence-corrected chi connectivity index (χ0v) is 20.9. The number of carbonyl (C=O) groups excluding carboxylic acids is 3. The molecule has 1 fully saturated rings. The summed E-state index contributed by atoms with van der Waals surface area (Å²) >= 11 is 0. The predicted molar refractivity (Wildman–Crippen MR) is 134 cm³/mol. The fraction of sp³-hybridized carbons (Fsp3) is 0.444. The molecule has 8 nitrogen and oxygen atoms in total. The lowest BCUT2D eigenvalue weighted by molar-refractivity contribution is -0.130. The Hall–Kier alpha value is -3.39. The van der Waals surface area contributed by atoms with Gasteiger partial charge in [0.2, 0.25) is 5.91 Å². The highest BCUT2D eigenvalue weighted by atomic mass is 16.5. The highest BCUT2D eigenvalue weighted by Gasteiger charge is 2.30. The number of carbonyl (C=O) groups is 3. The third-order valence-corrected chi connectivity index (χ3v) is 6.65.